The van der Waals surface area contributed by atoms with Crippen LogP contribution in [0.25, 0.3) is 0 Å². The van der Waals surface area contributed by atoms with Crippen molar-refractivity contribution in [2.45, 2.75) is 19.0 Å². The lowest BCUT2D eigenvalue weighted by atomic mass is 10.2. The standard InChI is InChI=1S/C12H20O3Si/c1-13-12-7-5-11(6-8-12)9-10-16(4,14-2)15-3/h5-8H,9-10H2,1-4H3. The Kier molecular flexibility index (Phi) is 4.98. The molecular formula is C12H20O3Si. The van der Waals surface area contributed by atoms with Crippen LogP contribution in [0.3, 0.4) is 0 Å². The summed E-state index contributed by atoms with van der Waals surface area (Å²) in [6.45, 7) is 2.08. The van der Waals surface area contributed by atoms with E-state index in [9.17, 15) is 0 Å². The number of ether oxygens (including phenoxy) is 1. The molecule has 3 nitrogen and oxygen atoms in total. The fourth-order valence-electron chi connectivity index (χ4n) is 1.45. The smallest absolute Gasteiger partial charge is 0.334 e. The van der Waals surface area contributed by atoms with E-state index in [-0.39, 0.29) is 0 Å². The third kappa shape index (κ3) is 3.63. The van der Waals surface area contributed by atoms with Gasteiger partial charge in [0.1, 0.15) is 5.75 Å². The van der Waals surface area contributed by atoms with E-state index in [0.717, 1.165) is 18.2 Å². The normalized spacial score (nSPS) is 11.5. The molecule has 0 saturated carbocycles. The van der Waals surface area contributed by atoms with E-state index in [4.69, 9.17) is 13.6 Å². The Hall–Kier alpha value is -0.843. The molecular weight excluding hydrogens is 220 g/mol. The van der Waals surface area contributed by atoms with E-state index in [1.807, 2.05) is 12.1 Å². The Bertz CT molecular complexity index is 307. The Morgan fingerprint density at radius 3 is 2.00 bits per heavy atom. The first-order valence-electron chi connectivity index (χ1n) is 5.37. The number of hydrogen-bond acceptors (Lipinski definition) is 3. The molecule has 0 radical (unpaired) electrons. The highest BCUT2D eigenvalue weighted by atomic mass is 28.4. The van der Waals surface area contributed by atoms with Crippen molar-refractivity contribution in [3.05, 3.63) is 29.8 Å². The molecule has 1 aromatic carbocycles. The fraction of sp³-hybridized carbons (Fsp3) is 0.500. The summed E-state index contributed by atoms with van der Waals surface area (Å²) in [5.74, 6) is 0.891. The molecule has 0 N–H and O–H groups in total. The van der Waals surface area contributed by atoms with Crippen molar-refractivity contribution in [3.8, 4) is 5.75 Å². The molecule has 4 heteroatoms. The molecule has 0 spiro atoms. The Balaban J connectivity index is 2.54. The molecule has 0 fully saturated rings. The van der Waals surface area contributed by atoms with Gasteiger partial charge in [-0.15, -0.1) is 0 Å². The van der Waals surface area contributed by atoms with Crippen molar-refractivity contribution >= 4 is 8.56 Å². The van der Waals surface area contributed by atoms with E-state index in [0.29, 0.717) is 0 Å². The van der Waals surface area contributed by atoms with Crippen molar-refractivity contribution in [3.63, 3.8) is 0 Å². The van der Waals surface area contributed by atoms with Crippen LogP contribution < -0.4 is 4.74 Å². The highest BCUT2D eigenvalue weighted by Crippen LogP contribution is 2.17. The molecule has 90 valence electrons. The summed E-state index contributed by atoms with van der Waals surface area (Å²) in [5.41, 5.74) is 1.29. The lowest BCUT2D eigenvalue weighted by Gasteiger charge is -2.22. The first kappa shape index (κ1) is 13.2. The molecule has 0 aliphatic carbocycles. The van der Waals surface area contributed by atoms with Gasteiger partial charge < -0.3 is 13.6 Å². The zero-order chi connectivity index (χ0) is 12.0. The van der Waals surface area contributed by atoms with Gasteiger partial charge in [-0.25, -0.2) is 0 Å². The second-order valence-electron chi connectivity index (χ2n) is 3.89. The van der Waals surface area contributed by atoms with E-state index in [1.165, 1.54) is 5.56 Å². The average molecular weight is 240 g/mol. The van der Waals surface area contributed by atoms with E-state index in [1.54, 1.807) is 21.3 Å². The van der Waals surface area contributed by atoms with Crippen LogP contribution in [0, 0.1) is 0 Å². The lowest BCUT2D eigenvalue weighted by Crippen LogP contribution is -2.36. The highest BCUT2D eigenvalue weighted by Gasteiger charge is 2.27. The molecule has 0 saturated heterocycles. The Labute approximate surface area is 98.6 Å². The van der Waals surface area contributed by atoms with Crippen LogP contribution in [0.15, 0.2) is 24.3 Å². The van der Waals surface area contributed by atoms with Crippen LogP contribution in [-0.4, -0.2) is 29.9 Å². The number of hydrogen-bond donors (Lipinski definition) is 0. The molecule has 0 heterocycles. The summed E-state index contributed by atoms with van der Waals surface area (Å²) >= 11 is 0. The van der Waals surface area contributed by atoms with Crippen LogP contribution in [0.4, 0.5) is 0 Å². The minimum absolute atomic E-state index is 0.891. The monoisotopic (exact) mass is 240 g/mol. The predicted molar refractivity (Wildman–Crippen MR) is 67.1 cm³/mol. The summed E-state index contributed by atoms with van der Waals surface area (Å²) in [4.78, 5) is 0. The summed E-state index contributed by atoms with van der Waals surface area (Å²) < 4.78 is 16.0. The van der Waals surface area contributed by atoms with Crippen LogP contribution in [0.2, 0.25) is 12.6 Å². The molecule has 0 amide bonds. The molecule has 0 unspecified atom stereocenters. The number of benzene rings is 1. The lowest BCUT2D eigenvalue weighted by molar-refractivity contribution is 0.249. The first-order chi connectivity index (χ1) is 7.63. The van der Waals surface area contributed by atoms with Gasteiger partial charge in [0.25, 0.3) is 0 Å². The van der Waals surface area contributed by atoms with E-state index < -0.39 is 8.56 Å². The van der Waals surface area contributed by atoms with Crippen LogP contribution in [-0.2, 0) is 15.3 Å². The molecule has 1 rings (SSSR count). The summed E-state index contributed by atoms with van der Waals surface area (Å²) in [7, 11) is 3.19. The van der Waals surface area contributed by atoms with Gasteiger partial charge in [-0.05, 0) is 36.7 Å². The summed E-state index contributed by atoms with van der Waals surface area (Å²) in [6, 6.07) is 9.09. The van der Waals surface area contributed by atoms with E-state index in [2.05, 4.69) is 18.7 Å². The van der Waals surface area contributed by atoms with Gasteiger partial charge >= 0.3 is 8.56 Å². The molecule has 16 heavy (non-hydrogen) atoms. The molecule has 0 aromatic heterocycles. The second-order valence-corrected chi connectivity index (χ2v) is 7.47. The second kappa shape index (κ2) is 6.03. The molecule has 0 aliphatic rings. The van der Waals surface area contributed by atoms with Crippen LogP contribution in [0.1, 0.15) is 5.56 Å². The van der Waals surface area contributed by atoms with Crippen LogP contribution in [0.5, 0.6) is 5.75 Å². The third-order valence-corrected chi connectivity index (χ3v) is 5.78. The molecule has 0 aliphatic heterocycles. The van der Waals surface area contributed by atoms with E-state index >= 15 is 0 Å². The van der Waals surface area contributed by atoms with Gasteiger partial charge in [-0.2, -0.15) is 0 Å². The summed E-state index contributed by atoms with van der Waals surface area (Å²) in [6.07, 6.45) is 0.981. The van der Waals surface area contributed by atoms with Gasteiger partial charge in [-0.3, -0.25) is 0 Å². The zero-order valence-corrected chi connectivity index (χ0v) is 11.4. The number of aryl methyl sites for hydroxylation is 1. The maximum absolute atomic E-state index is 5.45. The maximum atomic E-state index is 5.45. The Morgan fingerprint density at radius 2 is 1.56 bits per heavy atom. The molecule has 1 aromatic rings. The SMILES string of the molecule is COc1ccc(CC[Si](C)(OC)OC)cc1. The van der Waals surface area contributed by atoms with Gasteiger partial charge in [0, 0.05) is 14.2 Å². The fourth-order valence-corrected chi connectivity index (χ4v) is 2.77. The predicted octanol–water partition coefficient (Wildman–Crippen LogP) is 2.60. The minimum atomic E-state index is -1.93. The maximum Gasteiger partial charge on any atom is 0.334 e. The van der Waals surface area contributed by atoms with Crippen molar-refractivity contribution in [2.24, 2.45) is 0 Å². The van der Waals surface area contributed by atoms with Crippen molar-refractivity contribution < 1.29 is 13.6 Å². The van der Waals surface area contributed by atoms with Gasteiger partial charge in [0.05, 0.1) is 7.11 Å². The third-order valence-electron chi connectivity index (χ3n) is 2.89. The first-order valence-corrected chi connectivity index (χ1v) is 7.89. The molecule has 0 atom stereocenters. The van der Waals surface area contributed by atoms with Gasteiger partial charge in [0.2, 0.25) is 0 Å². The van der Waals surface area contributed by atoms with Gasteiger partial charge in [-0.1, -0.05) is 12.1 Å². The average Bonchev–Trinajstić information content (AvgIpc) is 2.36. The van der Waals surface area contributed by atoms with Gasteiger partial charge in [0.15, 0.2) is 0 Å². The molecule has 0 bridgehead atoms. The minimum Gasteiger partial charge on any atom is -0.497 e. The highest BCUT2D eigenvalue weighted by molar-refractivity contribution is 6.65. The quantitative estimate of drug-likeness (QED) is 0.715. The summed E-state index contributed by atoms with van der Waals surface area (Å²) in [5, 5.41) is 0. The Morgan fingerprint density at radius 1 is 1.00 bits per heavy atom. The van der Waals surface area contributed by atoms with Crippen molar-refractivity contribution in [2.75, 3.05) is 21.3 Å². The number of methoxy groups -OCH3 is 1. The van der Waals surface area contributed by atoms with Crippen LogP contribution >= 0.6 is 0 Å². The van der Waals surface area contributed by atoms with Crippen molar-refractivity contribution in [1.29, 1.82) is 0 Å². The largest absolute Gasteiger partial charge is 0.497 e. The topological polar surface area (TPSA) is 27.7 Å². The van der Waals surface area contributed by atoms with Crippen molar-refractivity contribution in [1.82, 2.24) is 0 Å². The zero-order valence-electron chi connectivity index (χ0n) is 10.4. The number of rotatable bonds is 6.